The summed E-state index contributed by atoms with van der Waals surface area (Å²) in [7, 11) is 0. The maximum Gasteiger partial charge on any atom is 0.328 e. The first-order chi connectivity index (χ1) is 10.1. The molecule has 1 aromatic carbocycles. The number of hydrogen-bond donors (Lipinski definition) is 1. The smallest absolute Gasteiger partial charge is 0.328 e. The van der Waals surface area contributed by atoms with Gasteiger partial charge in [0.05, 0.1) is 17.7 Å². The minimum atomic E-state index is -0.986. The van der Waals surface area contributed by atoms with Crippen LogP contribution >= 0.6 is 11.6 Å². The van der Waals surface area contributed by atoms with Gasteiger partial charge in [-0.1, -0.05) is 17.7 Å². The van der Waals surface area contributed by atoms with Gasteiger partial charge in [-0.2, -0.15) is 0 Å². The summed E-state index contributed by atoms with van der Waals surface area (Å²) in [5.74, 6) is -0.364. The average molecular weight is 311 g/mol. The van der Waals surface area contributed by atoms with Crippen molar-refractivity contribution >= 4 is 23.6 Å². The number of benzene rings is 1. The topological polar surface area (TPSA) is 55.8 Å². The lowest BCUT2D eigenvalue weighted by Gasteiger charge is -2.11. The van der Waals surface area contributed by atoms with E-state index in [0.717, 1.165) is 43.9 Å². The summed E-state index contributed by atoms with van der Waals surface area (Å²) in [6.45, 7) is 1.48. The van der Waals surface area contributed by atoms with E-state index in [1.165, 1.54) is 6.08 Å². The number of carboxylic acid groups (broad SMARTS) is 1. The predicted molar refractivity (Wildman–Crippen MR) is 81.8 cm³/mol. The van der Waals surface area contributed by atoms with E-state index in [0.29, 0.717) is 23.5 Å². The molecule has 2 rings (SSSR count). The standard InChI is InChI=1S/C16H19ClO4/c17-14-11-12(6-8-16(18)19)5-7-15(14)21-10-2-4-13-3-1-9-20-13/h5-8,11,13H,1-4,9-10H2,(H,18,19). The lowest BCUT2D eigenvalue weighted by Crippen LogP contribution is -2.07. The van der Waals surface area contributed by atoms with Crippen LogP contribution in [0.25, 0.3) is 6.08 Å². The Bertz CT molecular complexity index is 507. The van der Waals surface area contributed by atoms with E-state index in [-0.39, 0.29) is 0 Å². The first-order valence-electron chi connectivity index (χ1n) is 7.10. The second-order valence-electron chi connectivity index (χ2n) is 4.99. The van der Waals surface area contributed by atoms with Crippen molar-refractivity contribution in [2.45, 2.75) is 31.8 Å². The lowest BCUT2D eigenvalue weighted by molar-refractivity contribution is -0.131. The maximum atomic E-state index is 10.5. The molecule has 4 nitrogen and oxygen atoms in total. The van der Waals surface area contributed by atoms with Crippen LogP contribution in [0, 0.1) is 0 Å². The third kappa shape index (κ3) is 5.40. The molecule has 0 amide bonds. The number of halogens is 1. The Labute approximate surface area is 129 Å². The normalized spacial score (nSPS) is 18.2. The molecule has 1 fully saturated rings. The highest BCUT2D eigenvalue weighted by atomic mass is 35.5. The van der Waals surface area contributed by atoms with E-state index in [1.807, 2.05) is 0 Å². The van der Waals surface area contributed by atoms with Gasteiger partial charge < -0.3 is 14.6 Å². The molecule has 1 unspecified atom stereocenters. The number of hydrogen-bond acceptors (Lipinski definition) is 3. The molecule has 1 heterocycles. The van der Waals surface area contributed by atoms with E-state index < -0.39 is 5.97 Å². The number of ether oxygens (including phenoxy) is 2. The molecule has 0 saturated carbocycles. The van der Waals surface area contributed by atoms with Crippen LogP contribution in [0.5, 0.6) is 5.75 Å². The molecule has 1 saturated heterocycles. The zero-order valence-electron chi connectivity index (χ0n) is 11.8. The average Bonchev–Trinajstić information content (AvgIpc) is 2.96. The molecule has 114 valence electrons. The van der Waals surface area contributed by atoms with E-state index in [9.17, 15) is 4.79 Å². The Hall–Kier alpha value is -1.52. The van der Waals surface area contributed by atoms with Gasteiger partial charge in [0.2, 0.25) is 0 Å². The van der Waals surface area contributed by atoms with Crippen molar-refractivity contribution in [1.82, 2.24) is 0 Å². The Morgan fingerprint density at radius 3 is 3.05 bits per heavy atom. The molecule has 1 aromatic rings. The van der Waals surface area contributed by atoms with Gasteiger partial charge in [0.15, 0.2) is 0 Å². The van der Waals surface area contributed by atoms with E-state index in [2.05, 4.69) is 0 Å². The van der Waals surface area contributed by atoms with Crippen molar-refractivity contribution in [2.24, 2.45) is 0 Å². The first kappa shape index (κ1) is 15.9. The van der Waals surface area contributed by atoms with Gasteiger partial charge in [-0.3, -0.25) is 0 Å². The molecular formula is C16H19ClO4. The van der Waals surface area contributed by atoms with Crippen molar-refractivity contribution in [2.75, 3.05) is 13.2 Å². The van der Waals surface area contributed by atoms with Crippen LogP contribution in [0.2, 0.25) is 5.02 Å². The zero-order chi connectivity index (χ0) is 15.1. The summed E-state index contributed by atoms with van der Waals surface area (Å²) in [6, 6.07) is 5.23. The van der Waals surface area contributed by atoms with Crippen LogP contribution in [0.4, 0.5) is 0 Å². The van der Waals surface area contributed by atoms with Crippen LogP contribution in [0.3, 0.4) is 0 Å². The monoisotopic (exact) mass is 310 g/mol. The van der Waals surface area contributed by atoms with Crippen molar-refractivity contribution in [1.29, 1.82) is 0 Å². The maximum absolute atomic E-state index is 10.5. The second-order valence-corrected chi connectivity index (χ2v) is 5.39. The van der Waals surface area contributed by atoms with Gasteiger partial charge >= 0.3 is 5.97 Å². The molecule has 1 N–H and O–H groups in total. The SMILES string of the molecule is O=C(O)C=Cc1ccc(OCCCC2CCCO2)c(Cl)c1. The van der Waals surface area contributed by atoms with E-state index in [1.54, 1.807) is 18.2 Å². The fourth-order valence-corrected chi connectivity index (χ4v) is 2.51. The van der Waals surface area contributed by atoms with Crippen molar-refractivity contribution in [3.8, 4) is 5.75 Å². The molecule has 1 aliphatic heterocycles. The summed E-state index contributed by atoms with van der Waals surface area (Å²) in [4.78, 5) is 10.5. The molecule has 0 spiro atoms. The molecule has 21 heavy (non-hydrogen) atoms. The minimum absolute atomic E-state index is 0.382. The van der Waals surface area contributed by atoms with Crippen LogP contribution in [0.1, 0.15) is 31.2 Å². The Balaban J connectivity index is 1.78. The number of rotatable bonds is 7. The van der Waals surface area contributed by atoms with Gasteiger partial charge in [0.25, 0.3) is 0 Å². The fraction of sp³-hybridized carbons (Fsp3) is 0.438. The third-order valence-corrected chi connectivity index (χ3v) is 3.62. The summed E-state index contributed by atoms with van der Waals surface area (Å²) < 4.78 is 11.2. The van der Waals surface area contributed by atoms with Crippen molar-refractivity contribution in [3.05, 3.63) is 34.9 Å². The largest absolute Gasteiger partial charge is 0.492 e. The van der Waals surface area contributed by atoms with Crippen LogP contribution in [-0.4, -0.2) is 30.4 Å². The third-order valence-electron chi connectivity index (χ3n) is 3.33. The molecular weight excluding hydrogens is 292 g/mol. The molecule has 0 bridgehead atoms. The minimum Gasteiger partial charge on any atom is -0.492 e. The lowest BCUT2D eigenvalue weighted by atomic mass is 10.1. The van der Waals surface area contributed by atoms with Gasteiger partial charge in [0.1, 0.15) is 5.75 Å². The Morgan fingerprint density at radius 1 is 1.52 bits per heavy atom. The van der Waals surface area contributed by atoms with Gasteiger partial charge in [-0.15, -0.1) is 0 Å². The highest BCUT2D eigenvalue weighted by Crippen LogP contribution is 2.26. The van der Waals surface area contributed by atoms with Crippen LogP contribution in [-0.2, 0) is 9.53 Å². The Kier molecular flexibility index (Phi) is 6.08. The molecule has 0 aromatic heterocycles. The second kappa shape index (κ2) is 8.05. The molecule has 1 aliphatic rings. The Morgan fingerprint density at radius 2 is 2.38 bits per heavy atom. The van der Waals surface area contributed by atoms with Gasteiger partial charge in [-0.05, 0) is 49.5 Å². The van der Waals surface area contributed by atoms with Crippen molar-refractivity contribution in [3.63, 3.8) is 0 Å². The fourth-order valence-electron chi connectivity index (χ4n) is 2.27. The number of carboxylic acids is 1. The number of carbonyl (C=O) groups is 1. The molecule has 5 heteroatoms. The molecule has 0 radical (unpaired) electrons. The van der Waals surface area contributed by atoms with Crippen molar-refractivity contribution < 1.29 is 19.4 Å². The molecule has 0 aliphatic carbocycles. The summed E-state index contributed by atoms with van der Waals surface area (Å²) >= 11 is 6.12. The van der Waals surface area contributed by atoms with E-state index in [4.69, 9.17) is 26.2 Å². The van der Waals surface area contributed by atoms with Crippen LogP contribution < -0.4 is 4.74 Å². The highest BCUT2D eigenvalue weighted by Gasteiger charge is 2.14. The summed E-state index contributed by atoms with van der Waals surface area (Å²) in [5, 5.41) is 9.06. The van der Waals surface area contributed by atoms with Crippen LogP contribution in [0.15, 0.2) is 24.3 Å². The quantitative estimate of drug-likeness (QED) is 0.615. The van der Waals surface area contributed by atoms with Gasteiger partial charge in [0, 0.05) is 12.7 Å². The first-order valence-corrected chi connectivity index (χ1v) is 7.48. The summed E-state index contributed by atoms with van der Waals surface area (Å²) in [5.41, 5.74) is 0.731. The zero-order valence-corrected chi connectivity index (χ0v) is 12.5. The van der Waals surface area contributed by atoms with E-state index >= 15 is 0 Å². The number of aliphatic carboxylic acids is 1. The van der Waals surface area contributed by atoms with Gasteiger partial charge in [-0.25, -0.2) is 4.79 Å². The molecule has 1 atom stereocenters. The predicted octanol–water partition coefficient (Wildman–Crippen LogP) is 3.78. The summed E-state index contributed by atoms with van der Waals surface area (Å²) in [6.07, 6.45) is 7.20. The highest BCUT2D eigenvalue weighted by molar-refractivity contribution is 6.32.